The Bertz CT molecular complexity index is 1530. The molecule has 42 heavy (non-hydrogen) atoms. The van der Waals surface area contributed by atoms with Gasteiger partial charge in [-0.2, -0.15) is 15.2 Å². The molecule has 0 saturated carbocycles. The molecule has 2 fully saturated rings. The Morgan fingerprint density at radius 2 is 2.00 bits per heavy atom. The molecule has 0 spiro atoms. The fraction of sp³-hybridized carbons (Fsp3) is 0.414. The lowest BCUT2D eigenvalue weighted by atomic mass is 10.1. The average Bonchev–Trinajstić information content (AvgIpc) is 3.40. The molecule has 2 aliphatic heterocycles. The second-order valence-electron chi connectivity index (χ2n) is 10.5. The summed E-state index contributed by atoms with van der Waals surface area (Å²) in [7, 11) is 3.59. The fourth-order valence-electron chi connectivity index (χ4n) is 5.54. The Kier molecular flexibility index (Phi) is 8.44. The van der Waals surface area contributed by atoms with Crippen LogP contribution in [0.15, 0.2) is 36.4 Å². The quantitative estimate of drug-likeness (QED) is 0.361. The molecule has 1 unspecified atom stereocenters. The number of benzene rings is 2. The van der Waals surface area contributed by atoms with E-state index in [1.165, 1.54) is 4.90 Å². The number of ether oxygens (including phenoxy) is 2. The third kappa shape index (κ3) is 5.94. The zero-order valence-corrected chi connectivity index (χ0v) is 23.6. The molecule has 4 N–H and O–H groups in total. The number of fused-ring (bicyclic) bond motifs is 1. The van der Waals surface area contributed by atoms with Gasteiger partial charge in [0, 0.05) is 37.1 Å². The number of rotatable bonds is 8. The first-order valence-corrected chi connectivity index (χ1v) is 13.8. The van der Waals surface area contributed by atoms with Crippen LogP contribution in [0.5, 0.6) is 11.8 Å². The average molecular weight is 575 g/mol. The van der Waals surface area contributed by atoms with Gasteiger partial charge in [-0.25, -0.2) is 4.79 Å². The molecule has 13 heteroatoms. The lowest BCUT2D eigenvalue weighted by Crippen LogP contribution is -2.55. The Balaban J connectivity index is 1.50. The number of nitrogen functional groups attached to an aromatic ring is 1. The van der Waals surface area contributed by atoms with Crippen LogP contribution in [-0.2, 0) is 0 Å². The van der Waals surface area contributed by atoms with Crippen LogP contribution in [0.4, 0.5) is 22.0 Å². The van der Waals surface area contributed by atoms with Gasteiger partial charge in [0.25, 0.3) is 5.91 Å². The standard InChI is InChI=1S/C29H34N8O5/c1-35-11-5-7-20(35)17-42-28-33-25(27(38)32-23-15-21(41-2)14-18-6-3-4-8-22(18)23)24(31)26(34-28)36-12-13-37(29(39)40)19(16-36)9-10-30/h3-4,6,8,14-15,19-20H,5,7,9,11-13,16-17,31H2,1-2H3,(H,32,38)(H,39,40)/t19?,20-/m0/s1. The summed E-state index contributed by atoms with van der Waals surface area (Å²) in [5.74, 6) is 0.272. The van der Waals surface area contributed by atoms with E-state index >= 15 is 0 Å². The number of amides is 2. The number of nitrogens with two attached hydrogens (primary N) is 1. The topological polar surface area (TPSA) is 170 Å². The van der Waals surface area contributed by atoms with Gasteiger partial charge < -0.3 is 40.3 Å². The number of methoxy groups -OCH3 is 1. The molecule has 3 aromatic rings. The Morgan fingerprint density at radius 3 is 2.71 bits per heavy atom. The van der Waals surface area contributed by atoms with Crippen LogP contribution in [0.25, 0.3) is 10.8 Å². The van der Waals surface area contributed by atoms with Gasteiger partial charge >= 0.3 is 12.1 Å². The highest BCUT2D eigenvalue weighted by Gasteiger charge is 2.33. The summed E-state index contributed by atoms with van der Waals surface area (Å²) in [5, 5.41) is 23.6. The van der Waals surface area contributed by atoms with Gasteiger partial charge in [0.2, 0.25) is 0 Å². The number of aromatic nitrogens is 2. The summed E-state index contributed by atoms with van der Waals surface area (Å²) in [6.45, 7) is 1.89. The van der Waals surface area contributed by atoms with Crippen molar-refractivity contribution in [2.75, 3.05) is 62.9 Å². The monoisotopic (exact) mass is 574 g/mol. The lowest BCUT2D eigenvalue weighted by molar-refractivity contribution is 0.102. The maximum atomic E-state index is 13.8. The number of anilines is 3. The zero-order valence-electron chi connectivity index (χ0n) is 23.6. The SMILES string of the molecule is COc1cc(NC(=O)c2nc(OC[C@@H]3CCCN3C)nc(N3CCN(C(=O)O)C(CC#N)C3)c2N)c2ccccc2c1. The Morgan fingerprint density at radius 1 is 1.19 bits per heavy atom. The van der Waals surface area contributed by atoms with E-state index in [1.807, 2.05) is 37.4 Å². The number of piperazine rings is 1. The maximum Gasteiger partial charge on any atom is 0.407 e. The Hall–Kier alpha value is -4.83. The number of hydrogen-bond acceptors (Lipinski definition) is 10. The number of nitriles is 1. The van der Waals surface area contributed by atoms with Crippen molar-refractivity contribution in [3.05, 3.63) is 42.1 Å². The number of carbonyl (C=O) groups is 2. The number of nitrogens with one attached hydrogen (secondary N) is 1. The highest BCUT2D eigenvalue weighted by atomic mass is 16.5. The molecule has 2 aromatic carbocycles. The predicted molar refractivity (Wildman–Crippen MR) is 157 cm³/mol. The van der Waals surface area contributed by atoms with Crippen LogP contribution in [-0.4, -0.2) is 95.9 Å². The van der Waals surface area contributed by atoms with E-state index in [4.69, 9.17) is 15.2 Å². The molecule has 2 saturated heterocycles. The minimum Gasteiger partial charge on any atom is -0.497 e. The lowest BCUT2D eigenvalue weighted by Gasteiger charge is -2.40. The first-order chi connectivity index (χ1) is 20.3. The van der Waals surface area contributed by atoms with Gasteiger partial charge in [-0.3, -0.25) is 4.79 Å². The van der Waals surface area contributed by atoms with E-state index in [9.17, 15) is 20.0 Å². The van der Waals surface area contributed by atoms with Crippen LogP contribution in [0.1, 0.15) is 29.8 Å². The van der Waals surface area contributed by atoms with Crippen molar-refractivity contribution in [3.63, 3.8) is 0 Å². The van der Waals surface area contributed by atoms with Crippen LogP contribution >= 0.6 is 0 Å². The number of hydrogen-bond donors (Lipinski definition) is 3. The minimum absolute atomic E-state index is 0.00141. The molecule has 2 amide bonds. The number of likely N-dealkylation sites (N-methyl/N-ethyl adjacent to an activating group) is 1. The smallest absolute Gasteiger partial charge is 0.407 e. The van der Waals surface area contributed by atoms with Crippen LogP contribution in [0, 0.1) is 11.3 Å². The van der Waals surface area contributed by atoms with Gasteiger partial charge in [0.1, 0.15) is 18.0 Å². The number of likely N-dealkylation sites (tertiary alicyclic amines) is 1. The number of carbonyl (C=O) groups excluding carboxylic acids is 1. The summed E-state index contributed by atoms with van der Waals surface area (Å²) in [4.78, 5) is 39.7. The first-order valence-electron chi connectivity index (χ1n) is 13.8. The zero-order chi connectivity index (χ0) is 29.8. The molecular formula is C29H34N8O5. The second-order valence-corrected chi connectivity index (χ2v) is 10.5. The first kappa shape index (κ1) is 28.7. The highest BCUT2D eigenvalue weighted by molar-refractivity contribution is 6.11. The Labute approximate surface area is 243 Å². The van der Waals surface area contributed by atoms with Crippen LogP contribution in [0.2, 0.25) is 0 Å². The molecule has 0 radical (unpaired) electrons. The van der Waals surface area contributed by atoms with E-state index in [0.29, 0.717) is 18.0 Å². The third-order valence-corrected chi connectivity index (χ3v) is 7.87. The van der Waals surface area contributed by atoms with Crippen molar-refractivity contribution in [2.24, 2.45) is 0 Å². The summed E-state index contributed by atoms with van der Waals surface area (Å²) in [6, 6.07) is 12.8. The van der Waals surface area contributed by atoms with Gasteiger partial charge in [0.05, 0.1) is 31.3 Å². The molecule has 0 bridgehead atoms. The highest BCUT2D eigenvalue weighted by Crippen LogP contribution is 2.32. The van der Waals surface area contributed by atoms with Crippen molar-refractivity contribution in [3.8, 4) is 17.8 Å². The normalized spacial score (nSPS) is 19.0. The van der Waals surface area contributed by atoms with Gasteiger partial charge in [-0.15, -0.1) is 0 Å². The fourth-order valence-corrected chi connectivity index (χ4v) is 5.54. The van der Waals surface area contributed by atoms with E-state index < -0.39 is 18.0 Å². The molecule has 0 aliphatic carbocycles. The third-order valence-electron chi connectivity index (χ3n) is 7.87. The van der Waals surface area contributed by atoms with Crippen LogP contribution in [0.3, 0.4) is 0 Å². The maximum absolute atomic E-state index is 13.8. The number of carboxylic acid groups (broad SMARTS) is 1. The van der Waals surface area contributed by atoms with E-state index in [1.54, 1.807) is 18.1 Å². The second kappa shape index (κ2) is 12.4. The molecule has 1 aromatic heterocycles. The van der Waals surface area contributed by atoms with Crippen molar-refractivity contribution >= 4 is 40.0 Å². The van der Waals surface area contributed by atoms with Crippen molar-refractivity contribution in [1.82, 2.24) is 19.8 Å². The van der Waals surface area contributed by atoms with Gasteiger partial charge in [0.15, 0.2) is 11.5 Å². The van der Waals surface area contributed by atoms with E-state index in [2.05, 4.69) is 26.3 Å². The molecule has 5 rings (SSSR count). The van der Waals surface area contributed by atoms with Crippen molar-refractivity contribution in [2.45, 2.75) is 31.3 Å². The van der Waals surface area contributed by atoms with Crippen molar-refractivity contribution < 1.29 is 24.2 Å². The summed E-state index contributed by atoms with van der Waals surface area (Å²) in [6.07, 6.45) is 0.943. The summed E-state index contributed by atoms with van der Waals surface area (Å²) < 4.78 is 11.5. The largest absolute Gasteiger partial charge is 0.497 e. The van der Waals surface area contributed by atoms with E-state index in [-0.39, 0.29) is 55.3 Å². The molecule has 220 valence electrons. The minimum atomic E-state index is -1.10. The number of nitrogens with zero attached hydrogens (tertiary/aromatic N) is 6. The van der Waals surface area contributed by atoms with Crippen molar-refractivity contribution in [1.29, 1.82) is 5.26 Å². The van der Waals surface area contributed by atoms with Crippen LogP contribution < -0.4 is 25.4 Å². The van der Waals surface area contributed by atoms with Gasteiger partial charge in [-0.1, -0.05) is 24.3 Å². The van der Waals surface area contributed by atoms with E-state index in [0.717, 1.165) is 30.2 Å². The summed E-state index contributed by atoms with van der Waals surface area (Å²) >= 11 is 0. The molecular weight excluding hydrogens is 540 g/mol. The molecule has 2 aliphatic rings. The summed E-state index contributed by atoms with van der Waals surface area (Å²) in [5.41, 5.74) is 7.03. The van der Waals surface area contributed by atoms with Gasteiger partial charge in [-0.05, 0) is 37.9 Å². The molecule has 13 nitrogen and oxygen atoms in total. The predicted octanol–water partition coefficient (Wildman–Crippen LogP) is 3.03. The molecule has 3 heterocycles. The molecule has 2 atom stereocenters.